The summed E-state index contributed by atoms with van der Waals surface area (Å²) in [5.74, 6) is -0.428. The minimum Gasteiger partial charge on any atom is -0.497 e. The van der Waals surface area contributed by atoms with Crippen molar-refractivity contribution in [2.24, 2.45) is 0 Å². The van der Waals surface area contributed by atoms with Crippen molar-refractivity contribution in [3.05, 3.63) is 95.0 Å². The fourth-order valence-electron chi connectivity index (χ4n) is 4.17. The van der Waals surface area contributed by atoms with Gasteiger partial charge in [0.15, 0.2) is 0 Å². The second-order valence-corrected chi connectivity index (χ2v) is 12.9. The smallest absolute Gasteiger partial charge is 0.244 e. The number of sulfonamides is 1. The van der Waals surface area contributed by atoms with Crippen LogP contribution in [-0.4, -0.2) is 56.6 Å². The van der Waals surface area contributed by atoms with Gasteiger partial charge in [0.05, 0.1) is 19.1 Å². The average molecular weight is 586 g/mol. The molecule has 214 valence electrons. The number of halogens is 1. The van der Waals surface area contributed by atoms with E-state index in [0.29, 0.717) is 10.8 Å². The van der Waals surface area contributed by atoms with Crippen molar-refractivity contribution in [1.29, 1.82) is 0 Å². The minimum absolute atomic E-state index is 0.0702. The van der Waals surface area contributed by atoms with Crippen LogP contribution in [0, 0.1) is 0 Å². The maximum absolute atomic E-state index is 14.1. The average Bonchev–Trinajstić information content (AvgIpc) is 2.89. The van der Waals surface area contributed by atoms with Crippen LogP contribution < -0.4 is 14.4 Å². The molecule has 0 saturated carbocycles. The SMILES string of the molecule is COc1cccc(N(CC(=O)N(Cc2ccc(Cl)cc2)C(Cc2ccccc2)C(=O)NC(C)(C)C)S(C)(=O)=O)c1. The number of nitrogens with zero attached hydrogens (tertiary/aromatic N) is 2. The summed E-state index contributed by atoms with van der Waals surface area (Å²) in [7, 11) is -2.39. The minimum atomic E-state index is -3.87. The molecule has 1 N–H and O–H groups in total. The van der Waals surface area contributed by atoms with Gasteiger partial charge in [0, 0.05) is 29.6 Å². The van der Waals surface area contributed by atoms with E-state index in [1.165, 1.54) is 12.0 Å². The number of rotatable bonds is 11. The molecule has 2 amide bonds. The zero-order chi connectivity index (χ0) is 29.5. The molecule has 0 bridgehead atoms. The van der Waals surface area contributed by atoms with Gasteiger partial charge < -0.3 is 15.0 Å². The Kier molecular flexibility index (Phi) is 10.2. The Bertz CT molecular complexity index is 1410. The Hall–Kier alpha value is -3.56. The van der Waals surface area contributed by atoms with E-state index < -0.39 is 34.1 Å². The van der Waals surface area contributed by atoms with Crippen molar-refractivity contribution in [1.82, 2.24) is 10.2 Å². The molecule has 1 atom stereocenters. The van der Waals surface area contributed by atoms with Gasteiger partial charge in [-0.1, -0.05) is 60.1 Å². The van der Waals surface area contributed by atoms with Crippen LogP contribution >= 0.6 is 11.6 Å². The number of carbonyl (C=O) groups is 2. The van der Waals surface area contributed by atoms with Gasteiger partial charge >= 0.3 is 0 Å². The number of carbonyl (C=O) groups excluding carboxylic acids is 2. The molecule has 0 aliphatic carbocycles. The van der Waals surface area contributed by atoms with Gasteiger partial charge in [0.1, 0.15) is 18.3 Å². The predicted molar refractivity (Wildman–Crippen MR) is 159 cm³/mol. The van der Waals surface area contributed by atoms with E-state index in [9.17, 15) is 18.0 Å². The van der Waals surface area contributed by atoms with E-state index in [2.05, 4.69) is 5.32 Å². The normalized spacial score (nSPS) is 12.3. The number of nitrogens with one attached hydrogen (secondary N) is 1. The molecule has 3 aromatic rings. The molecule has 0 heterocycles. The van der Waals surface area contributed by atoms with Gasteiger partial charge in [-0.05, 0) is 56.2 Å². The maximum Gasteiger partial charge on any atom is 0.244 e. The number of anilines is 1. The van der Waals surface area contributed by atoms with Crippen LogP contribution in [0.5, 0.6) is 5.75 Å². The third-order valence-electron chi connectivity index (χ3n) is 6.06. The standard InChI is InChI=1S/C30H36ClN3O5S/c1-30(2,3)32-29(36)27(18-22-10-7-6-8-11-22)33(20-23-14-16-24(31)17-15-23)28(35)21-34(40(5,37)38)25-12-9-13-26(19-25)39-4/h6-17,19,27H,18,20-21H2,1-5H3,(H,32,36). The highest BCUT2D eigenvalue weighted by molar-refractivity contribution is 7.92. The van der Waals surface area contributed by atoms with Gasteiger partial charge in [-0.25, -0.2) is 8.42 Å². The number of ether oxygens (including phenoxy) is 1. The second-order valence-electron chi connectivity index (χ2n) is 10.6. The molecule has 1 unspecified atom stereocenters. The highest BCUT2D eigenvalue weighted by atomic mass is 35.5. The molecule has 0 spiro atoms. The largest absolute Gasteiger partial charge is 0.497 e. The lowest BCUT2D eigenvalue weighted by molar-refractivity contribution is -0.140. The summed E-state index contributed by atoms with van der Waals surface area (Å²) >= 11 is 6.09. The van der Waals surface area contributed by atoms with E-state index >= 15 is 0 Å². The van der Waals surface area contributed by atoms with Crippen LogP contribution in [0.3, 0.4) is 0 Å². The molecule has 0 fully saturated rings. The van der Waals surface area contributed by atoms with Gasteiger partial charge in [-0.3, -0.25) is 13.9 Å². The topological polar surface area (TPSA) is 96.0 Å². The lowest BCUT2D eigenvalue weighted by Crippen LogP contribution is -2.56. The molecule has 40 heavy (non-hydrogen) atoms. The van der Waals surface area contributed by atoms with Crippen LogP contribution in [0.4, 0.5) is 5.69 Å². The fraction of sp³-hybridized carbons (Fsp3) is 0.333. The Balaban J connectivity index is 2.07. The van der Waals surface area contributed by atoms with Crippen molar-refractivity contribution < 1.29 is 22.7 Å². The summed E-state index contributed by atoms with van der Waals surface area (Å²) < 4.78 is 32.1. The van der Waals surface area contributed by atoms with E-state index in [0.717, 1.165) is 21.7 Å². The Morgan fingerprint density at radius 3 is 2.17 bits per heavy atom. The predicted octanol–water partition coefficient (Wildman–Crippen LogP) is 4.67. The second kappa shape index (κ2) is 13.2. The molecule has 3 rings (SSSR count). The number of hydrogen-bond donors (Lipinski definition) is 1. The molecular weight excluding hydrogens is 550 g/mol. The summed E-state index contributed by atoms with van der Waals surface area (Å²) in [5, 5.41) is 3.53. The summed E-state index contributed by atoms with van der Waals surface area (Å²) in [4.78, 5) is 29.2. The molecule has 0 saturated heterocycles. The molecule has 0 radical (unpaired) electrons. The first kappa shape index (κ1) is 31.0. The summed E-state index contributed by atoms with van der Waals surface area (Å²) in [5.41, 5.74) is 1.32. The monoisotopic (exact) mass is 585 g/mol. The number of methoxy groups -OCH3 is 1. The van der Waals surface area contributed by atoms with E-state index in [1.54, 1.807) is 48.5 Å². The van der Waals surface area contributed by atoms with Gasteiger partial charge in [-0.15, -0.1) is 0 Å². The molecular formula is C30H36ClN3O5S. The van der Waals surface area contributed by atoms with Crippen molar-refractivity contribution in [2.75, 3.05) is 24.2 Å². The highest BCUT2D eigenvalue weighted by Gasteiger charge is 2.34. The van der Waals surface area contributed by atoms with Crippen LogP contribution in [0.25, 0.3) is 0 Å². The first-order valence-corrected chi connectivity index (χ1v) is 15.0. The Morgan fingerprint density at radius 2 is 1.60 bits per heavy atom. The number of benzene rings is 3. The van der Waals surface area contributed by atoms with Crippen molar-refractivity contribution in [3.8, 4) is 5.75 Å². The summed E-state index contributed by atoms with van der Waals surface area (Å²) in [6, 6.07) is 21.9. The highest BCUT2D eigenvalue weighted by Crippen LogP contribution is 2.24. The zero-order valence-electron chi connectivity index (χ0n) is 23.4. The van der Waals surface area contributed by atoms with Crippen LogP contribution in [0.1, 0.15) is 31.9 Å². The molecule has 10 heteroatoms. The number of amides is 2. The maximum atomic E-state index is 14.1. The van der Waals surface area contributed by atoms with Crippen molar-refractivity contribution in [3.63, 3.8) is 0 Å². The van der Waals surface area contributed by atoms with Crippen molar-refractivity contribution in [2.45, 2.75) is 45.3 Å². The molecule has 0 aliphatic heterocycles. The van der Waals surface area contributed by atoms with E-state index in [1.807, 2.05) is 51.1 Å². The molecule has 0 aromatic heterocycles. The number of hydrogen-bond acceptors (Lipinski definition) is 5. The van der Waals surface area contributed by atoms with Gasteiger partial charge in [0.25, 0.3) is 0 Å². The lowest BCUT2D eigenvalue weighted by Gasteiger charge is -2.35. The Labute approximate surface area is 241 Å². The first-order chi connectivity index (χ1) is 18.8. The quantitative estimate of drug-likeness (QED) is 0.353. The van der Waals surface area contributed by atoms with Gasteiger partial charge in [0.2, 0.25) is 21.8 Å². The van der Waals surface area contributed by atoms with E-state index in [4.69, 9.17) is 16.3 Å². The Morgan fingerprint density at radius 1 is 0.950 bits per heavy atom. The first-order valence-electron chi connectivity index (χ1n) is 12.8. The fourth-order valence-corrected chi connectivity index (χ4v) is 5.14. The van der Waals surface area contributed by atoms with Crippen LogP contribution in [-0.2, 0) is 32.6 Å². The molecule has 0 aliphatic rings. The van der Waals surface area contributed by atoms with E-state index in [-0.39, 0.29) is 24.6 Å². The third kappa shape index (κ3) is 8.99. The zero-order valence-corrected chi connectivity index (χ0v) is 25.0. The van der Waals surface area contributed by atoms with Crippen molar-refractivity contribution >= 4 is 39.1 Å². The summed E-state index contributed by atoms with van der Waals surface area (Å²) in [6.07, 6.45) is 1.27. The molecule has 8 nitrogen and oxygen atoms in total. The van der Waals surface area contributed by atoms with Crippen LogP contribution in [0.15, 0.2) is 78.9 Å². The third-order valence-corrected chi connectivity index (χ3v) is 7.45. The summed E-state index contributed by atoms with van der Waals surface area (Å²) in [6.45, 7) is 5.16. The molecule has 3 aromatic carbocycles. The lowest BCUT2D eigenvalue weighted by atomic mass is 10.0. The van der Waals surface area contributed by atoms with Crippen LogP contribution in [0.2, 0.25) is 5.02 Å². The van der Waals surface area contributed by atoms with Gasteiger partial charge in [-0.2, -0.15) is 0 Å².